The second kappa shape index (κ2) is 9.45. The van der Waals surface area contributed by atoms with Crippen molar-refractivity contribution in [3.8, 4) is 36.2 Å². The summed E-state index contributed by atoms with van der Waals surface area (Å²) in [6.07, 6.45) is 12.8. The third kappa shape index (κ3) is 4.70. The van der Waals surface area contributed by atoms with Crippen LogP contribution in [0.3, 0.4) is 0 Å². The van der Waals surface area contributed by atoms with Gasteiger partial charge in [-0.2, -0.15) is 0 Å². The van der Waals surface area contributed by atoms with Gasteiger partial charge < -0.3 is 18.3 Å². The van der Waals surface area contributed by atoms with Crippen molar-refractivity contribution in [3.63, 3.8) is 0 Å². The van der Waals surface area contributed by atoms with Gasteiger partial charge in [0.15, 0.2) is 27.8 Å². The van der Waals surface area contributed by atoms with Gasteiger partial charge in [0.2, 0.25) is 0 Å². The molecule has 4 nitrogen and oxygen atoms in total. The first-order valence-corrected chi connectivity index (χ1v) is 19.8. The molecular weight excluding hydrogens is 686 g/mol. The van der Waals surface area contributed by atoms with Crippen LogP contribution < -0.4 is 9.47 Å². The average molecular weight is 717 g/mol. The highest BCUT2D eigenvalue weighted by Gasteiger charge is 2.56. The fraction of sp³-hybridized carbons (Fsp3) is 0.385. The normalized spacial score (nSPS) is 21.6. The topological polar surface area (TPSA) is 36.9 Å². The number of rotatable bonds is 6. The number of fused-ring (bicyclic) bond motifs is 2. The van der Waals surface area contributed by atoms with Gasteiger partial charge in [0, 0.05) is 29.4 Å². The molecule has 0 fully saturated rings. The van der Waals surface area contributed by atoms with Crippen LogP contribution >= 0.6 is 45.2 Å². The molecule has 0 amide bonds. The van der Waals surface area contributed by atoms with E-state index in [1.54, 1.807) is 14.2 Å². The second-order valence-corrected chi connectivity index (χ2v) is 21.5. The standard InChI is InChI=1S/C26H30I2O4Si2/c1-11-25(31-33(5,6)7)19-13-17(27)16-22(30-4)24(19)26(12-2,32-34(8,9)10)20-14-18(28)15-21(29-3)23(20)25/h1-2,13-16H,3-10H3. The van der Waals surface area contributed by atoms with Gasteiger partial charge in [0.25, 0.3) is 0 Å². The SMILES string of the molecule is C#CC1(O[Si](C)(C)C)c2cc(I)cc(OC)c2C(C#C)(O[Si](C)(C)C)c2cc(I)cc(OC)c21. The van der Waals surface area contributed by atoms with E-state index in [0.717, 1.165) is 29.4 Å². The molecular formula is C26H30I2O4Si2. The van der Waals surface area contributed by atoms with Crippen molar-refractivity contribution >= 4 is 61.8 Å². The van der Waals surface area contributed by atoms with E-state index in [1.807, 2.05) is 24.3 Å². The molecule has 0 aliphatic heterocycles. The van der Waals surface area contributed by atoms with Crippen LogP contribution in [0.1, 0.15) is 22.3 Å². The van der Waals surface area contributed by atoms with Gasteiger partial charge in [-0.1, -0.05) is 11.8 Å². The van der Waals surface area contributed by atoms with E-state index in [0.29, 0.717) is 11.5 Å². The monoisotopic (exact) mass is 716 g/mol. The minimum absolute atomic E-state index is 0.625. The van der Waals surface area contributed by atoms with Crippen LogP contribution in [0.15, 0.2) is 24.3 Å². The van der Waals surface area contributed by atoms with E-state index in [2.05, 4.69) is 96.3 Å². The first-order chi connectivity index (χ1) is 15.7. The van der Waals surface area contributed by atoms with Crippen molar-refractivity contribution < 1.29 is 18.3 Å². The van der Waals surface area contributed by atoms with Crippen molar-refractivity contribution in [2.24, 2.45) is 0 Å². The summed E-state index contributed by atoms with van der Waals surface area (Å²) in [5.74, 6) is 7.33. The summed E-state index contributed by atoms with van der Waals surface area (Å²) in [6.45, 7) is 12.7. The Bertz CT molecular complexity index is 1120. The number of hydrogen-bond acceptors (Lipinski definition) is 4. The zero-order chi connectivity index (χ0) is 25.7. The molecule has 2 aromatic rings. The Hall–Kier alpha value is -1.03. The van der Waals surface area contributed by atoms with Crippen molar-refractivity contribution in [1.29, 1.82) is 0 Å². The van der Waals surface area contributed by atoms with Crippen molar-refractivity contribution in [3.05, 3.63) is 53.7 Å². The summed E-state index contributed by atoms with van der Waals surface area (Å²) in [6, 6.07) is 8.01. The summed E-state index contributed by atoms with van der Waals surface area (Å²) in [7, 11) is -1.11. The lowest BCUT2D eigenvalue weighted by Crippen LogP contribution is -2.51. The van der Waals surface area contributed by atoms with Gasteiger partial charge in [0.1, 0.15) is 11.5 Å². The van der Waals surface area contributed by atoms with Crippen LogP contribution in [0, 0.1) is 31.8 Å². The van der Waals surface area contributed by atoms with E-state index in [-0.39, 0.29) is 0 Å². The highest BCUT2D eigenvalue weighted by Crippen LogP contribution is 2.58. The number of terminal acetylenes is 2. The second-order valence-electron chi connectivity index (χ2n) is 10.1. The third-order valence-electron chi connectivity index (χ3n) is 5.36. The van der Waals surface area contributed by atoms with Crippen molar-refractivity contribution in [2.75, 3.05) is 14.2 Å². The van der Waals surface area contributed by atoms with Gasteiger partial charge in [0.05, 0.1) is 14.2 Å². The predicted molar refractivity (Wildman–Crippen MR) is 160 cm³/mol. The van der Waals surface area contributed by atoms with E-state index < -0.39 is 27.8 Å². The highest BCUT2D eigenvalue weighted by atomic mass is 127. The van der Waals surface area contributed by atoms with Crippen LogP contribution in [-0.2, 0) is 20.1 Å². The highest BCUT2D eigenvalue weighted by molar-refractivity contribution is 14.1. The Balaban J connectivity index is 2.69. The maximum atomic E-state index is 6.92. The van der Waals surface area contributed by atoms with Gasteiger partial charge in [-0.05, 0) is 109 Å². The molecule has 0 heterocycles. The molecule has 0 spiro atoms. The van der Waals surface area contributed by atoms with E-state index >= 15 is 0 Å². The number of benzene rings is 2. The smallest absolute Gasteiger partial charge is 0.186 e. The van der Waals surface area contributed by atoms with Crippen LogP contribution in [0.5, 0.6) is 11.5 Å². The molecule has 1 aliphatic carbocycles. The lowest BCUT2D eigenvalue weighted by molar-refractivity contribution is 0.110. The molecule has 0 bridgehead atoms. The summed E-state index contributed by atoms with van der Waals surface area (Å²) in [5, 5.41) is 0. The Morgan fingerprint density at radius 1 is 0.676 bits per heavy atom. The minimum atomic E-state index is -2.20. The summed E-state index contributed by atoms with van der Waals surface area (Å²) in [5.41, 5.74) is 0.556. The first kappa shape index (κ1) is 27.6. The molecule has 2 atom stereocenters. The fourth-order valence-electron chi connectivity index (χ4n) is 4.53. The summed E-state index contributed by atoms with van der Waals surface area (Å²) < 4.78 is 27.6. The minimum Gasteiger partial charge on any atom is -0.496 e. The molecule has 3 rings (SSSR count). The molecule has 2 aromatic carbocycles. The number of hydrogen-bond donors (Lipinski definition) is 0. The van der Waals surface area contributed by atoms with Crippen LogP contribution in [0.2, 0.25) is 39.3 Å². The lowest BCUT2D eigenvalue weighted by Gasteiger charge is -2.49. The van der Waals surface area contributed by atoms with E-state index in [4.69, 9.17) is 31.2 Å². The molecule has 34 heavy (non-hydrogen) atoms. The molecule has 0 saturated carbocycles. The molecule has 0 N–H and O–H groups in total. The Morgan fingerprint density at radius 2 is 1.00 bits per heavy atom. The van der Waals surface area contributed by atoms with E-state index in [9.17, 15) is 0 Å². The van der Waals surface area contributed by atoms with Gasteiger partial charge in [-0.25, -0.2) is 0 Å². The zero-order valence-electron chi connectivity index (χ0n) is 20.9. The van der Waals surface area contributed by atoms with E-state index in [1.165, 1.54) is 0 Å². The Labute approximate surface area is 233 Å². The van der Waals surface area contributed by atoms with Gasteiger partial charge in [-0.3, -0.25) is 0 Å². The van der Waals surface area contributed by atoms with Crippen LogP contribution in [-0.4, -0.2) is 30.9 Å². The quantitative estimate of drug-likeness (QED) is 0.190. The molecule has 8 heteroatoms. The molecule has 2 unspecified atom stereocenters. The van der Waals surface area contributed by atoms with Crippen molar-refractivity contribution in [2.45, 2.75) is 50.5 Å². The van der Waals surface area contributed by atoms with Crippen LogP contribution in [0.25, 0.3) is 0 Å². The maximum Gasteiger partial charge on any atom is 0.186 e. The molecule has 1 aliphatic rings. The number of ether oxygens (including phenoxy) is 2. The molecule has 0 radical (unpaired) electrons. The average Bonchev–Trinajstić information content (AvgIpc) is 2.72. The van der Waals surface area contributed by atoms with Crippen molar-refractivity contribution in [1.82, 2.24) is 0 Å². The molecule has 180 valence electrons. The Morgan fingerprint density at radius 3 is 1.24 bits per heavy atom. The van der Waals surface area contributed by atoms with Crippen LogP contribution in [0.4, 0.5) is 0 Å². The maximum absolute atomic E-state index is 6.92. The Kier molecular flexibility index (Phi) is 7.66. The summed E-state index contributed by atoms with van der Waals surface area (Å²) >= 11 is 4.54. The zero-order valence-corrected chi connectivity index (χ0v) is 27.2. The first-order valence-electron chi connectivity index (χ1n) is 10.8. The molecule has 0 saturated heterocycles. The van der Waals surface area contributed by atoms with Gasteiger partial charge >= 0.3 is 0 Å². The fourth-order valence-corrected chi connectivity index (χ4v) is 8.09. The molecule has 0 aromatic heterocycles. The number of methoxy groups -OCH3 is 2. The number of halogens is 2. The van der Waals surface area contributed by atoms with Gasteiger partial charge in [-0.15, -0.1) is 12.8 Å². The largest absolute Gasteiger partial charge is 0.496 e. The predicted octanol–water partition coefficient (Wildman–Crippen LogP) is 6.68. The lowest BCUT2D eigenvalue weighted by atomic mass is 9.67. The third-order valence-corrected chi connectivity index (χ3v) is 8.44. The summed E-state index contributed by atoms with van der Waals surface area (Å²) in [4.78, 5) is 0.